The molecule has 140 valence electrons. The lowest BCUT2D eigenvalue weighted by atomic mass is 10.1. The maximum atomic E-state index is 12.2. The fourth-order valence-electron chi connectivity index (χ4n) is 2.38. The van der Waals surface area contributed by atoms with E-state index in [2.05, 4.69) is 5.32 Å². The number of hydrogen-bond acceptors (Lipinski definition) is 4. The molecule has 0 aliphatic carbocycles. The first-order chi connectivity index (χ1) is 12.9. The van der Waals surface area contributed by atoms with Crippen LogP contribution in [0.4, 0.5) is 5.69 Å². The van der Waals surface area contributed by atoms with Crippen molar-refractivity contribution in [3.05, 3.63) is 58.6 Å². The van der Waals surface area contributed by atoms with Crippen molar-refractivity contribution >= 4 is 29.1 Å². The first kappa shape index (κ1) is 20.3. The second-order valence-corrected chi connectivity index (χ2v) is 6.26. The Bertz CT molecular complexity index is 877. The van der Waals surface area contributed by atoms with Crippen molar-refractivity contribution in [3.63, 3.8) is 0 Å². The Hall–Kier alpha value is -3.04. The van der Waals surface area contributed by atoms with E-state index >= 15 is 0 Å². The van der Waals surface area contributed by atoms with Crippen LogP contribution in [0.1, 0.15) is 18.1 Å². The summed E-state index contributed by atoms with van der Waals surface area (Å²) in [5.41, 5.74) is 2.17. The van der Waals surface area contributed by atoms with Gasteiger partial charge in [-0.2, -0.15) is 5.26 Å². The predicted octanol–water partition coefficient (Wildman–Crippen LogP) is 3.25. The number of anilines is 1. The van der Waals surface area contributed by atoms with Crippen molar-refractivity contribution in [2.45, 2.75) is 13.3 Å². The van der Waals surface area contributed by atoms with E-state index in [9.17, 15) is 9.59 Å². The van der Waals surface area contributed by atoms with Crippen LogP contribution in [-0.2, 0) is 16.0 Å². The molecule has 2 aromatic carbocycles. The number of nitriles is 1. The molecular formula is C20H20ClN3O3. The van der Waals surface area contributed by atoms with Gasteiger partial charge >= 0.3 is 0 Å². The summed E-state index contributed by atoms with van der Waals surface area (Å²) in [6, 6.07) is 14.0. The summed E-state index contributed by atoms with van der Waals surface area (Å²) in [7, 11) is 1.53. The zero-order valence-corrected chi connectivity index (χ0v) is 15.9. The highest BCUT2D eigenvalue weighted by molar-refractivity contribution is 6.32. The largest absolute Gasteiger partial charge is 0.482 e. The Balaban J connectivity index is 1.88. The Labute approximate surface area is 163 Å². The monoisotopic (exact) mass is 385 g/mol. The topological polar surface area (TPSA) is 82.4 Å². The van der Waals surface area contributed by atoms with Gasteiger partial charge in [-0.15, -0.1) is 0 Å². The molecule has 0 radical (unpaired) electrons. The van der Waals surface area contributed by atoms with Crippen LogP contribution in [0.15, 0.2) is 42.5 Å². The Morgan fingerprint density at radius 3 is 2.67 bits per heavy atom. The fraction of sp³-hybridized carbons (Fsp3) is 0.250. The van der Waals surface area contributed by atoms with Gasteiger partial charge in [0.25, 0.3) is 5.91 Å². The number of carbonyl (C=O) groups is 2. The van der Waals surface area contributed by atoms with Crippen LogP contribution in [-0.4, -0.2) is 36.9 Å². The van der Waals surface area contributed by atoms with Crippen molar-refractivity contribution in [2.24, 2.45) is 0 Å². The molecule has 0 spiro atoms. The maximum absolute atomic E-state index is 12.2. The quantitative estimate of drug-likeness (QED) is 0.793. The van der Waals surface area contributed by atoms with E-state index in [1.54, 1.807) is 6.07 Å². The number of aryl methyl sites for hydroxylation is 1. The van der Waals surface area contributed by atoms with Gasteiger partial charge in [-0.05, 0) is 36.2 Å². The molecule has 6 nitrogen and oxygen atoms in total. The van der Waals surface area contributed by atoms with E-state index in [1.807, 2.05) is 37.3 Å². The third-order valence-corrected chi connectivity index (χ3v) is 4.19. The van der Waals surface area contributed by atoms with Crippen molar-refractivity contribution in [1.29, 1.82) is 5.26 Å². The van der Waals surface area contributed by atoms with Crippen molar-refractivity contribution in [3.8, 4) is 11.8 Å². The van der Waals surface area contributed by atoms with E-state index in [0.29, 0.717) is 11.3 Å². The summed E-state index contributed by atoms with van der Waals surface area (Å²) in [5, 5.41) is 11.9. The third kappa shape index (κ3) is 5.73. The molecule has 7 heteroatoms. The zero-order valence-electron chi connectivity index (χ0n) is 15.2. The first-order valence-electron chi connectivity index (χ1n) is 8.38. The molecule has 2 rings (SSSR count). The number of rotatable bonds is 7. The summed E-state index contributed by atoms with van der Waals surface area (Å²) in [4.78, 5) is 25.7. The molecule has 0 saturated carbocycles. The Kier molecular flexibility index (Phi) is 7.21. The van der Waals surface area contributed by atoms with Crippen LogP contribution in [0.2, 0.25) is 5.02 Å². The number of nitrogens with one attached hydrogen (secondary N) is 1. The molecule has 0 fully saturated rings. The standard InChI is InChI=1S/C20H20ClN3O3/c1-3-15-6-4-5-7-17(15)23-19(25)12-24(2)20(26)13-27-18-9-8-14(11-22)10-16(18)21/h4-10H,3,12-13H2,1-2H3,(H,23,25). The van der Waals surface area contributed by atoms with E-state index in [1.165, 1.54) is 24.1 Å². The summed E-state index contributed by atoms with van der Waals surface area (Å²) in [5.74, 6) is -0.351. The number of benzene rings is 2. The molecule has 0 bridgehead atoms. The number of hydrogen-bond donors (Lipinski definition) is 1. The minimum atomic E-state index is -0.366. The smallest absolute Gasteiger partial charge is 0.260 e. The third-order valence-electron chi connectivity index (χ3n) is 3.89. The molecule has 2 aromatic rings. The number of amides is 2. The van der Waals surface area contributed by atoms with E-state index < -0.39 is 0 Å². The van der Waals surface area contributed by atoms with Gasteiger partial charge in [-0.1, -0.05) is 36.7 Å². The summed E-state index contributed by atoms with van der Waals surface area (Å²) in [6.07, 6.45) is 0.796. The molecule has 0 aromatic heterocycles. The van der Waals surface area contributed by atoms with Gasteiger partial charge < -0.3 is 15.0 Å². The van der Waals surface area contributed by atoms with Crippen molar-refractivity contribution in [2.75, 3.05) is 25.5 Å². The van der Waals surface area contributed by atoms with Gasteiger partial charge in [0, 0.05) is 12.7 Å². The second kappa shape index (κ2) is 9.60. The lowest BCUT2D eigenvalue weighted by Crippen LogP contribution is -2.37. The van der Waals surface area contributed by atoms with Gasteiger partial charge in [0.15, 0.2) is 6.61 Å². The lowest BCUT2D eigenvalue weighted by Gasteiger charge is -2.18. The lowest BCUT2D eigenvalue weighted by molar-refractivity contribution is -0.135. The van der Waals surface area contributed by atoms with Crippen molar-refractivity contribution in [1.82, 2.24) is 4.90 Å². The maximum Gasteiger partial charge on any atom is 0.260 e. The number of halogens is 1. The van der Waals surface area contributed by atoms with E-state index in [-0.39, 0.29) is 30.0 Å². The van der Waals surface area contributed by atoms with Crippen LogP contribution >= 0.6 is 11.6 Å². The molecule has 0 heterocycles. The normalized spacial score (nSPS) is 10.0. The second-order valence-electron chi connectivity index (χ2n) is 5.85. The van der Waals surface area contributed by atoms with Gasteiger partial charge in [-0.3, -0.25) is 9.59 Å². The van der Waals surface area contributed by atoms with E-state index in [4.69, 9.17) is 21.6 Å². The molecule has 0 aliphatic rings. The van der Waals surface area contributed by atoms with Gasteiger partial charge in [0.1, 0.15) is 5.75 Å². The number of para-hydroxylation sites is 1. The number of nitrogens with zero attached hydrogens (tertiary/aromatic N) is 2. The summed E-state index contributed by atoms with van der Waals surface area (Å²) < 4.78 is 5.39. The number of likely N-dealkylation sites (N-methyl/N-ethyl adjacent to an activating group) is 1. The molecule has 2 amide bonds. The molecule has 0 aliphatic heterocycles. The highest BCUT2D eigenvalue weighted by Gasteiger charge is 2.15. The molecule has 0 atom stereocenters. The van der Waals surface area contributed by atoms with Gasteiger partial charge in [-0.25, -0.2) is 0 Å². The average Bonchev–Trinajstić information content (AvgIpc) is 2.66. The highest BCUT2D eigenvalue weighted by Crippen LogP contribution is 2.25. The molecule has 1 N–H and O–H groups in total. The predicted molar refractivity (Wildman–Crippen MR) is 104 cm³/mol. The van der Waals surface area contributed by atoms with Crippen LogP contribution in [0, 0.1) is 11.3 Å². The molecule has 0 unspecified atom stereocenters. The summed E-state index contributed by atoms with van der Waals surface area (Å²) in [6.45, 7) is 1.65. The number of carbonyl (C=O) groups excluding carboxylic acids is 2. The average molecular weight is 386 g/mol. The fourth-order valence-corrected chi connectivity index (χ4v) is 2.62. The minimum absolute atomic E-state index is 0.0959. The minimum Gasteiger partial charge on any atom is -0.482 e. The van der Waals surface area contributed by atoms with Crippen LogP contribution < -0.4 is 10.1 Å². The molecular weight excluding hydrogens is 366 g/mol. The summed E-state index contributed by atoms with van der Waals surface area (Å²) >= 11 is 6.01. The van der Waals surface area contributed by atoms with Crippen molar-refractivity contribution < 1.29 is 14.3 Å². The van der Waals surface area contributed by atoms with Crippen LogP contribution in [0.5, 0.6) is 5.75 Å². The molecule has 27 heavy (non-hydrogen) atoms. The van der Waals surface area contributed by atoms with Gasteiger partial charge in [0.05, 0.1) is 23.2 Å². The first-order valence-corrected chi connectivity index (χ1v) is 8.76. The number of ether oxygens (including phenoxy) is 1. The Morgan fingerprint density at radius 2 is 2.00 bits per heavy atom. The zero-order chi connectivity index (χ0) is 19.8. The highest BCUT2D eigenvalue weighted by atomic mass is 35.5. The van der Waals surface area contributed by atoms with Gasteiger partial charge in [0.2, 0.25) is 5.91 Å². The molecule has 0 saturated heterocycles. The van der Waals surface area contributed by atoms with E-state index in [0.717, 1.165) is 17.7 Å². The van der Waals surface area contributed by atoms with Crippen LogP contribution in [0.25, 0.3) is 0 Å². The van der Waals surface area contributed by atoms with Crippen LogP contribution in [0.3, 0.4) is 0 Å². The Morgan fingerprint density at radius 1 is 1.26 bits per heavy atom. The SMILES string of the molecule is CCc1ccccc1NC(=O)CN(C)C(=O)COc1ccc(C#N)cc1Cl.